The summed E-state index contributed by atoms with van der Waals surface area (Å²) in [5.41, 5.74) is 2.70. The van der Waals surface area contributed by atoms with E-state index < -0.39 is 11.9 Å². The van der Waals surface area contributed by atoms with Gasteiger partial charge in [0, 0.05) is 41.7 Å². The summed E-state index contributed by atoms with van der Waals surface area (Å²) in [6, 6.07) is 7.02. The summed E-state index contributed by atoms with van der Waals surface area (Å²) in [7, 11) is 1.28. The van der Waals surface area contributed by atoms with Crippen LogP contribution < -0.4 is 5.32 Å². The first-order chi connectivity index (χ1) is 13.0. The Morgan fingerprint density at radius 2 is 1.96 bits per heavy atom. The van der Waals surface area contributed by atoms with E-state index in [1.807, 2.05) is 4.90 Å². The summed E-state index contributed by atoms with van der Waals surface area (Å²) in [5, 5.41) is 3.36. The number of carbonyl (C=O) groups is 3. The van der Waals surface area contributed by atoms with Crippen molar-refractivity contribution in [1.29, 1.82) is 0 Å². The van der Waals surface area contributed by atoms with Gasteiger partial charge in [0.15, 0.2) is 5.78 Å². The summed E-state index contributed by atoms with van der Waals surface area (Å²) in [5.74, 6) is -1.53. The van der Waals surface area contributed by atoms with E-state index in [9.17, 15) is 14.4 Å². The smallest absolute Gasteiger partial charge is 0.337 e. The van der Waals surface area contributed by atoms with Crippen LogP contribution in [0.4, 0.5) is 0 Å². The lowest BCUT2D eigenvalue weighted by Crippen LogP contribution is -2.50. The van der Waals surface area contributed by atoms with Gasteiger partial charge in [-0.15, -0.1) is 0 Å². The van der Waals surface area contributed by atoms with Gasteiger partial charge >= 0.3 is 5.97 Å². The third-order valence-electron chi connectivity index (χ3n) is 5.30. The van der Waals surface area contributed by atoms with E-state index >= 15 is 0 Å². The van der Waals surface area contributed by atoms with E-state index in [4.69, 9.17) is 16.3 Å². The van der Waals surface area contributed by atoms with Crippen molar-refractivity contribution in [3.05, 3.63) is 57.4 Å². The first-order valence-electron chi connectivity index (χ1n) is 8.93. The van der Waals surface area contributed by atoms with E-state index in [-0.39, 0.29) is 17.3 Å². The Hall–Kier alpha value is -2.60. The molecular weight excluding hydrogens is 368 g/mol. The molecule has 0 bridgehead atoms. The Balaban J connectivity index is 2.00. The number of nitrogens with one attached hydrogen (secondary N) is 1. The minimum atomic E-state index is -0.632. The van der Waals surface area contributed by atoms with E-state index in [0.29, 0.717) is 42.2 Å². The number of amides is 1. The Labute approximate surface area is 161 Å². The van der Waals surface area contributed by atoms with Crippen molar-refractivity contribution in [2.45, 2.75) is 25.2 Å². The SMILES string of the molecule is COC(=O)C1=C2C(=O)NCCN2C2=C(C(=O)CCC2)[C@@H]1c1ccc(Cl)cc1. The molecule has 0 saturated carbocycles. The second kappa shape index (κ2) is 6.85. The fraction of sp³-hybridized carbons (Fsp3) is 0.350. The molecule has 2 aliphatic heterocycles. The lowest BCUT2D eigenvalue weighted by molar-refractivity contribution is -0.137. The lowest BCUT2D eigenvalue weighted by atomic mass is 9.74. The molecule has 0 radical (unpaired) electrons. The molecule has 1 aromatic rings. The number of rotatable bonds is 2. The molecule has 27 heavy (non-hydrogen) atoms. The molecule has 1 amide bonds. The van der Waals surface area contributed by atoms with Crippen molar-refractivity contribution in [1.82, 2.24) is 10.2 Å². The highest BCUT2D eigenvalue weighted by Crippen LogP contribution is 2.46. The number of hydrogen-bond donors (Lipinski definition) is 1. The molecule has 7 heteroatoms. The molecule has 1 atom stereocenters. The van der Waals surface area contributed by atoms with Gasteiger partial charge in [0.2, 0.25) is 0 Å². The average Bonchev–Trinajstić information content (AvgIpc) is 2.68. The number of Topliss-reactive ketones (excluding diaryl/α,β-unsaturated/α-hetero) is 1. The molecule has 1 N–H and O–H groups in total. The summed E-state index contributed by atoms with van der Waals surface area (Å²) < 4.78 is 5.01. The fourth-order valence-corrected chi connectivity index (χ4v) is 4.31. The maximum absolute atomic E-state index is 12.9. The van der Waals surface area contributed by atoms with Crippen LogP contribution in [0.1, 0.15) is 30.7 Å². The number of esters is 1. The standard InChI is InChI=1S/C20H19ClN2O4/c1-27-20(26)17-15(11-5-7-12(21)8-6-11)16-13(3-2-4-14(16)24)23-10-9-22-19(25)18(17)23/h5-8,15H,2-4,9-10H2,1H3,(H,22,25)/t15-/m0/s1. The number of allylic oxidation sites excluding steroid dienone is 2. The van der Waals surface area contributed by atoms with E-state index in [0.717, 1.165) is 17.7 Å². The molecule has 2 heterocycles. The quantitative estimate of drug-likeness (QED) is 0.789. The zero-order chi connectivity index (χ0) is 19.1. The number of piperazine rings is 1. The number of nitrogens with zero attached hydrogens (tertiary/aromatic N) is 1. The first kappa shape index (κ1) is 17.8. The van der Waals surface area contributed by atoms with Crippen molar-refractivity contribution in [2.75, 3.05) is 20.2 Å². The van der Waals surface area contributed by atoms with E-state index in [1.54, 1.807) is 24.3 Å². The largest absolute Gasteiger partial charge is 0.466 e. The van der Waals surface area contributed by atoms with E-state index in [2.05, 4.69) is 5.32 Å². The zero-order valence-corrected chi connectivity index (χ0v) is 15.6. The second-order valence-electron chi connectivity index (χ2n) is 6.78. The van der Waals surface area contributed by atoms with Crippen molar-refractivity contribution in [3.8, 4) is 0 Å². The van der Waals surface area contributed by atoms with Crippen LogP contribution in [0.2, 0.25) is 5.02 Å². The van der Waals surface area contributed by atoms with Gasteiger partial charge in [0.1, 0.15) is 5.70 Å². The average molecular weight is 387 g/mol. The Bertz CT molecular complexity index is 901. The first-order valence-corrected chi connectivity index (χ1v) is 9.30. The van der Waals surface area contributed by atoms with Crippen LogP contribution in [0.25, 0.3) is 0 Å². The molecule has 6 nitrogen and oxygen atoms in total. The number of ether oxygens (including phenoxy) is 1. The van der Waals surface area contributed by atoms with Gasteiger partial charge in [0.25, 0.3) is 5.91 Å². The van der Waals surface area contributed by atoms with E-state index in [1.165, 1.54) is 7.11 Å². The molecule has 4 rings (SSSR count). The van der Waals surface area contributed by atoms with Crippen LogP contribution in [0.5, 0.6) is 0 Å². The maximum Gasteiger partial charge on any atom is 0.337 e. The van der Waals surface area contributed by atoms with Gasteiger partial charge in [-0.25, -0.2) is 4.79 Å². The Morgan fingerprint density at radius 1 is 1.22 bits per heavy atom. The van der Waals surface area contributed by atoms with Crippen LogP contribution in [0.15, 0.2) is 46.8 Å². The minimum Gasteiger partial charge on any atom is -0.466 e. The molecule has 1 fully saturated rings. The normalized spacial score (nSPS) is 22.3. The molecule has 3 aliphatic rings. The molecule has 1 aromatic carbocycles. The third-order valence-corrected chi connectivity index (χ3v) is 5.55. The van der Waals surface area contributed by atoms with Gasteiger partial charge in [-0.05, 0) is 30.5 Å². The summed E-state index contributed by atoms with van der Waals surface area (Å²) in [6.45, 7) is 0.994. The van der Waals surface area contributed by atoms with Crippen molar-refractivity contribution in [2.24, 2.45) is 0 Å². The molecule has 1 aliphatic carbocycles. The third kappa shape index (κ3) is 2.84. The van der Waals surface area contributed by atoms with Crippen LogP contribution in [0, 0.1) is 0 Å². The highest BCUT2D eigenvalue weighted by Gasteiger charge is 2.45. The Morgan fingerprint density at radius 3 is 2.67 bits per heavy atom. The van der Waals surface area contributed by atoms with Gasteiger partial charge in [-0.2, -0.15) is 0 Å². The second-order valence-corrected chi connectivity index (χ2v) is 7.22. The summed E-state index contributed by atoms with van der Waals surface area (Å²) in [6.07, 6.45) is 1.88. The predicted molar refractivity (Wildman–Crippen MR) is 98.8 cm³/mol. The molecule has 1 saturated heterocycles. The van der Waals surface area contributed by atoms with Gasteiger partial charge in [-0.1, -0.05) is 23.7 Å². The zero-order valence-electron chi connectivity index (χ0n) is 14.9. The van der Waals surface area contributed by atoms with Crippen molar-refractivity contribution in [3.63, 3.8) is 0 Å². The van der Waals surface area contributed by atoms with Crippen LogP contribution >= 0.6 is 11.6 Å². The molecule has 0 aromatic heterocycles. The van der Waals surface area contributed by atoms with Crippen molar-refractivity contribution < 1.29 is 19.1 Å². The van der Waals surface area contributed by atoms with Crippen molar-refractivity contribution >= 4 is 29.3 Å². The Kier molecular flexibility index (Phi) is 4.52. The molecule has 0 unspecified atom stereocenters. The predicted octanol–water partition coefficient (Wildman–Crippen LogP) is 2.30. The van der Waals surface area contributed by atoms with Gasteiger partial charge in [0.05, 0.1) is 12.7 Å². The lowest BCUT2D eigenvalue weighted by Gasteiger charge is -2.43. The highest BCUT2D eigenvalue weighted by molar-refractivity contribution is 6.30. The highest BCUT2D eigenvalue weighted by atomic mass is 35.5. The number of methoxy groups -OCH3 is 1. The molecular formula is C20H19ClN2O4. The summed E-state index contributed by atoms with van der Waals surface area (Å²) in [4.78, 5) is 40.2. The monoisotopic (exact) mass is 386 g/mol. The van der Waals surface area contributed by atoms with Crippen LogP contribution in [-0.2, 0) is 19.1 Å². The minimum absolute atomic E-state index is 0.0163. The molecule has 140 valence electrons. The number of halogens is 1. The number of carbonyl (C=O) groups excluding carboxylic acids is 3. The number of ketones is 1. The summed E-state index contributed by atoms with van der Waals surface area (Å²) >= 11 is 6.02. The molecule has 0 spiro atoms. The van der Waals surface area contributed by atoms with Gasteiger partial charge < -0.3 is 15.0 Å². The van der Waals surface area contributed by atoms with Crippen LogP contribution in [0.3, 0.4) is 0 Å². The topological polar surface area (TPSA) is 75.7 Å². The maximum atomic E-state index is 12.9. The number of benzene rings is 1. The number of fused-ring (bicyclic) bond motifs is 2. The van der Waals surface area contributed by atoms with Crippen LogP contribution in [-0.4, -0.2) is 42.8 Å². The number of hydrogen-bond acceptors (Lipinski definition) is 5. The van der Waals surface area contributed by atoms with Gasteiger partial charge in [-0.3, -0.25) is 9.59 Å². The fourth-order valence-electron chi connectivity index (χ4n) is 4.19.